The van der Waals surface area contributed by atoms with Gasteiger partial charge in [0.1, 0.15) is 11.8 Å². The lowest BCUT2D eigenvalue weighted by Crippen LogP contribution is -2.18. The van der Waals surface area contributed by atoms with Crippen LogP contribution in [0.3, 0.4) is 0 Å². The third-order valence-corrected chi connectivity index (χ3v) is 3.58. The molecule has 1 aromatic carbocycles. The van der Waals surface area contributed by atoms with Crippen LogP contribution < -0.4 is 10.1 Å². The minimum atomic E-state index is -0.201. The van der Waals surface area contributed by atoms with Gasteiger partial charge in [-0.3, -0.25) is 4.79 Å². The molecule has 0 unspecified atom stereocenters. The highest BCUT2D eigenvalue weighted by molar-refractivity contribution is 6.32. The zero-order valence-electron chi connectivity index (χ0n) is 12.3. The van der Waals surface area contributed by atoms with E-state index in [0.717, 1.165) is 5.56 Å². The first kappa shape index (κ1) is 14.8. The zero-order valence-corrected chi connectivity index (χ0v) is 13.1. The number of nitrogens with zero attached hydrogens (tertiary/aromatic N) is 2. The van der Waals surface area contributed by atoms with Crippen molar-refractivity contribution in [1.82, 2.24) is 15.5 Å². The maximum atomic E-state index is 11.2. The van der Waals surface area contributed by atoms with Crippen LogP contribution in [0, 0.1) is 0 Å². The lowest BCUT2D eigenvalue weighted by Gasteiger charge is -2.11. The molecule has 116 valence electrons. The second-order valence-electron chi connectivity index (χ2n) is 5.43. The Kier molecular flexibility index (Phi) is 4.02. The summed E-state index contributed by atoms with van der Waals surface area (Å²) in [4.78, 5) is 15.6. The van der Waals surface area contributed by atoms with Crippen molar-refractivity contribution in [3.63, 3.8) is 0 Å². The standard InChI is InChI=1S/C15H16ClN3O3/c1-8(2)21-12-5-3-9(7-10(12)16)14-18-15(22-19-14)11-4-6-13(20)17-11/h3,5,7-8,11H,4,6H2,1-2H3,(H,17,20)/t11-/m0/s1. The van der Waals surface area contributed by atoms with Crippen molar-refractivity contribution in [3.05, 3.63) is 29.1 Å². The van der Waals surface area contributed by atoms with Gasteiger partial charge in [-0.1, -0.05) is 16.8 Å². The molecule has 0 radical (unpaired) electrons. The van der Waals surface area contributed by atoms with Gasteiger partial charge < -0.3 is 14.6 Å². The fraction of sp³-hybridized carbons (Fsp3) is 0.400. The third kappa shape index (κ3) is 3.06. The maximum Gasteiger partial charge on any atom is 0.249 e. The van der Waals surface area contributed by atoms with Crippen molar-refractivity contribution in [1.29, 1.82) is 0 Å². The van der Waals surface area contributed by atoms with E-state index in [1.807, 2.05) is 19.9 Å². The van der Waals surface area contributed by atoms with Crippen molar-refractivity contribution in [2.75, 3.05) is 0 Å². The van der Waals surface area contributed by atoms with Crippen LogP contribution in [-0.2, 0) is 4.79 Å². The van der Waals surface area contributed by atoms with Gasteiger partial charge >= 0.3 is 0 Å². The fourth-order valence-corrected chi connectivity index (χ4v) is 2.51. The molecule has 1 saturated heterocycles. The molecule has 1 aliphatic rings. The van der Waals surface area contributed by atoms with Crippen LogP contribution in [0.4, 0.5) is 0 Å². The number of amides is 1. The average Bonchev–Trinajstić information content (AvgIpc) is 3.09. The first-order valence-electron chi connectivity index (χ1n) is 7.12. The van der Waals surface area contributed by atoms with Gasteiger partial charge in [-0.25, -0.2) is 0 Å². The summed E-state index contributed by atoms with van der Waals surface area (Å²) in [7, 11) is 0. The summed E-state index contributed by atoms with van der Waals surface area (Å²) in [6, 6.07) is 5.14. The van der Waals surface area contributed by atoms with Gasteiger partial charge in [-0.2, -0.15) is 4.98 Å². The number of aromatic nitrogens is 2. The summed E-state index contributed by atoms with van der Waals surface area (Å²) in [6.45, 7) is 3.87. The summed E-state index contributed by atoms with van der Waals surface area (Å²) in [5.41, 5.74) is 0.737. The van der Waals surface area contributed by atoms with Crippen LogP contribution in [0.25, 0.3) is 11.4 Å². The van der Waals surface area contributed by atoms with Crippen molar-refractivity contribution in [3.8, 4) is 17.1 Å². The molecule has 1 N–H and O–H groups in total. The van der Waals surface area contributed by atoms with E-state index in [4.69, 9.17) is 20.9 Å². The van der Waals surface area contributed by atoms with Crippen LogP contribution in [0.1, 0.15) is 38.6 Å². The summed E-state index contributed by atoms with van der Waals surface area (Å²) < 4.78 is 10.8. The molecule has 1 atom stereocenters. The Morgan fingerprint density at radius 3 is 2.91 bits per heavy atom. The molecule has 2 heterocycles. The molecule has 22 heavy (non-hydrogen) atoms. The molecular formula is C15H16ClN3O3. The third-order valence-electron chi connectivity index (χ3n) is 3.29. The highest BCUT2D eigenvalue weighted by Gasteiger charge is 2.27. The summed E-state index contributed by atoms with van der Waals surface area (Å²) in [5.74, 6) is 1.48. The summed E-state index contributed by atoms with van der Waals surface area (Å²) in [6.07, 6.45) is 1.20. The number of carbonyl (C=O) groups is 1. The van der Waals surface area contributed by atoms with Gasteiger partial charge in [-0.05, 0) is 38.5 Å². The maximum absolute atomic E-state index is 11.2. The Hall–Kier alpha value is -2.08. The number of hydrogen-bond acceptors (Lipinski definition) is 5. The van der Waals surface area contributed by atoms with E-state index in [1.165, 1.54) is 0 Å². The highest BCUT2D eigenvalue weighted by Crippen LogP contribution is 2.31. The van der Waals surface area contributed by atoms with Crippen molar-refractivity contribution >= 4 is 17.5 Å². The van der Waals surface area contributed by atoms with Crippen molar-refractivity contribution < 1.29 is 14.1 Å². The molecule has 1 aliphatic heterocycles. The van der Waals surface area contributed by atoms with E-state index in [9.17, 15) is 4.79 Å². The monoisotopic (exact) mass is 321 g/mol. The van der Waals surface area contributed by atoms with E-state index >= 15 is 0 Å². The molecule has 0 spiro atoms. The molecule has 1 amide bonds. The van der Waals surface area contributed by atoms with Crippen molar-refractivity contribution in [2.45, 2.75) is 38.8 Å². The predicted molar refractivity (Wildman–Crippen MR) is 80.6 cm³/mol. The Morgan fingerprint density at radius 2 is 2.27 bits per heavy atom. The molecule has 3 rings (SSSR count). The lowest BCUT2D eigenvalue weighted by atomic mass is 10.2. The van der Waals surface area contributed by atoms with Gasteiger partial charge in [0, 0.05) is 12.0 Å². The van der Waals surface area contributed by atoms with Crippen LogP contribution in [-0.4, -0.2) is 22.2 Å². The largest absolute Gasteiger partial charge is 0.489 e. The highest BCUT2D eigenvalue weighted by atomic mass is 35.5. The Morgan fingerprint density at radius 1 is 1.45 bits per heavy atom. The molecule has 1 fully saturated rings. The number of benzene rings is 1. The molecule has 0 aliphatic carbocycles. The second kappa shape index (κ2) is 5.96. The van der Waals surface area contributed by atoms with E-state index in [2.05, 4.69) is 15.5 Å². The number of carbonyl (C=O) groups excluding carboxylic acids is 1. The van der Waals surface area contributed by atoms with E-state index in [0.29, 0.717) is 35.3 Å². The summed E-state index contributed by atoms with van der Waals surface area (Å²) in [5, 5.41) is 7.24. The molecule has 0 saturated carbocycles. The second-order valence-corrected chi connectivity index (χ2v) is 5.83. The smallest absolute Gasteiger partial charge is 0.249 e. The molecular weight excluding hydrogens is 306 g/mol. The van der Waals surface area contributed by atoms with E-state index in [-0.39, 0.29) is 18.1 Å². The van der Waals surface area contributed by atoms with Crippen LogP contribution in [0.2, 0.25) is 5.02 Å². The predicted octanol–water partition coefficient (Wildman–Crippen LogP) is 3.13. The van der Waals surface area contributed by atoms with Gasteiger partial charge in [-0.15, -0.1) is 0 Å². The molecule has 2 aromatic rings. The van der Waals surface area contributed by atoms with Crippen molar-refractivity contribution in [2.24, 2.45) is 0 Å². The first-order chi connectivity index (χ1) is 10.5. The Balaban J connectivity index is 1.81. The Bertz CT molecular complexity index is 699. The molecule has 6 nitrogen and oxygen atoms in total. The van der Waals surface area contributed by atoms with Gasteiger partial charge in [0.05, 0.1) is 11.1 Å². The van der Waals surface area contributed by atoms with E-state index < -0.39 is 0 Å². The molecule has 7 heteroatoms. The zero-order chi connectivity index (χ0) is 15.7. The van der Waals surface area contributed by atoms with Gasteiger partial charge in [0.2, 0.25) is 17.6 Å². The Labute approximate surface area is 132 Å². The molecule has 0 bridgehead atoms. The fourth-order valence-electron chi connectivity index (χ4n) is 2.28. The minimum Gasteiger partial charge on any atom is -0.489 e. The lowest BCUT2D eigenvalue weighted by molar-refractivity contribution is -0.119. The number of hydrogen-bond donors (Lipinski definition) is 1. The average molecular weight is 322 g/mol. The van der Waals surface area contributed by atoms with Gasteiger partial charge in [0.15, 0.2) is 0 Å². The SMILES string of the molecule is CC(C)Oc1ccc(-c2noc([C@@H]3CCC(=O)N3)n2)cc1Cl. The van der Waals surface area contributed by atoms with Crippen LogP contribution >= 0.6 is 11.6 Å². The van der Waals surface area contributed by atoms with Gasteiger partial charge in [0.25, 0.3) is 0 Å². The molecule has 1 aromatic heterocycles. The van der Waals surface area contributed by atoms with Crippen LogP contribution in [0.15, 0.2) is 22.7 Å². The number of nitrogens with one attached hydrogen (secondary N) is 1. The number of halogens is 1. The quantitative estimate of drug-likeness (QED) is 0.936. The topological polar surface area (TPSA) is 77.2 Å². The normalized spacial score (nSPS) is 17.8. The number of ether oxygens (including phenoxy) is 1. The first-order valence-corrected chi connectivity index (χ1v) is 7.50. The van der Waals surface area contributed by atoms with E-state index in [1.54, 1.807) is 12.1 Å². The van der Waals surface area contributed by atoms with Crippen LogP contribution in [0.5, 0.6) is 5.75 Å². The summed E-state index contributed by atoms with van der Waals surface area (Å²) >= 11 is 6.21. The number of rotatable bonds is 4. The minimum absolute atomic E-state index is 0.00276.